The molecular formula is C10H6N2O3. The number of hydrogen-bond acceptors (Lipinski definition) is 4. The summed E-state index contributed by atoms with van der Waals surface area (Å²) in [5.41, 5.74) is 0.197. The largest absolute Gasteiger partial charge is 0.298 e. The van der Waals surface area contributed by atoms with Crippen LogP contribution < -0.4 is 0 Å². The second-order valence-corrected chi connectivity index (χ2v) is 3.01. The highest BCUT2D eigenvalue weighted by Crippen LogP contribution is 2.23. The number of nitrogens with zero attached hydrogens (tertiary/aromatic N) is 2. The number of carbonyl (C=O) groups is 1. The van der Waals surface area contributed by atoms with Crippen LogP contribution >= 0.6 is 0 Å². The van der Waals surface area contributed by atoms with E-state index in [-0.39, 0.29) is 11.3 Å². The third kappa shape index (κ3) is 1.54. The average molecular weight is 202 g/mol. The second kappa shape index (κ2) is 3.45. The molecule has 0 radical (unpaired) electrons. The fourth-order valence-electron chi connectivity index (χ4n) is 1.41. The number of carbonyl (C=O) groups excluding carboxylic acids is 1. The summed E-state index contributed by atoms with van der Waals surface area (Å²) >= 11 is 0. The predicted octanol–water partition coefficient (Wildman–Crippen LogP) is 1.96. The van der Waals surface area contributed by atoms with Gasteiger partial charge in [-0.15, -0.1) is 0 Å². The van der Waals surface area contributed by atoms with E-state index in [1.165, 1.54) is 24.5 Å². The Hall–Kier alpha value is -2.30. The molecule has 5 nitrogen and oxygen atoms in total. The zero-order chi connectivity index (χ0) is 10.8. The van der Waals surface area contributed by atoms with Crippen molar-refractivity contribution >= 4 is 22.7 Å². The lowest BCUT2D eigenvalue weighted by atomic mass is 10.1. The zero-order valence-electron chi connectivity index (χ0n) is 7.58. The van der Waals surface area contributed by atoms with E-state index in [0.29, 0.717) is 17.1 Å². The van der Waals surface area contributed by atoms with E-state index in [1.807, 2.05) is 0 Å². The number of nitro groups is 1. The molecule has 0 saturated carbocycles. The van der Waals surface area contributed by atoms with Crippen molar-refractivity contribution in [2.75, 3.05) is 0 Å². The lowest BCUT2D eigenvalue weighted by Gasteiger charge is -1.99. The van der Waals surface area contributed by atoms with Gasteiger partial charge in [-0.05, 0) is 11.5 Å². The first kappa shape index (κ1) is 9.26. The Labute approximate surface area is 84.5 Å². The van der Waals surface area contributed by atoms with E-state index < -0.39 is 4.92 Å². The van der Waals surface area contributed by atoms with Crippen LogP contribution in [0.5, 0.6) is 0 Å². The van der Waals surface area contributed by atoms with Crippen molar-refractivity contribution in [3.05, 3.63) is 46.3 Å². The van der Waals surface area contributed by atoms with Gasteiger partial charge in [-0.1, -0.05) is 0 Å². The van der Waals surface area contributed by atoms with Crippen molar-refractivity contribution in [1.29, 1.82) is 0 Å². The maximum atomic E-state index is 10.7. The number of aromatic nitrogens is 1. The molecule has 15 heavy (non-hydrogen) atoms. The number of aldehydes is 1. The van der Waals surface area contributed by atoms with Gasteiger partial charge in [0.25, 0.3) is 5.69 Å². The molecule has 0 spiro atoms. The summed E-state index contributed by atoms with van der Waals surface area (Å²) in [6, 6.07) is 4.30. The van der Waals surface area contributed by atoms with Crippen molar-refractivity contribution in [3.8, 4) is 0 Å². The Morgan fingerprint density at radius 1 is 1.40 bits per heavy atom. The number of nitro benzene ring substituents is 1. The molecule has 5 heteroatoms. The highest BCUT2D eigenvalue weighted by molar-refractivity contribution is 5.99. The monoisotopic (exact) mass is 202 g/mol. The number of benzene rings is 1. The van der Waals surface area contributed by atoms with Crippen molar-refractivity contribution in [1.82, 2.24) is 4.98 Å². The normalized spacial score (nSPS) is 10.1. The Morgan fingerprint density at radius 2 is 2.20 bits per heavy atom. The highest BCUT2D eigenvalue weighted by atomic mass is 16.6. The third-order valence-corrected chi connectivity index (χ3v) is 2.11. The van der Waals surface area contributed by atoms with E-state index in [9.17, 15) is 14.9 Å². The van der Waals surface area contributed by atoms with Crippen LogP contribution in [0.1, 0.15) is 10.4 Å². The van der Waals surface area contributed by atoms with Gasteiger partial charge in [0.1, 0.15) is 0 Å². The Kier molecular flexibility index (Phi) is 2.13. The molecule has 0 unspecified atom stereocenters. The second-order valence-electron chi connectivity index (χ2n) is 3.01. The molecule has 0 atom stereocenters. The third-order valence-electron chi connectivity index (χ3n) is 2.11. The average Bonchev–Trinajstić information content (AvgIpc) is 2.27. The van der Waals surface area contributed by atoms with Crippen LogP contribution in [0, 0.1) is 10.1 Å². The van der Waals surface area contributed by atoms with Crippen LogP contribution in [0.2, 0.25) is 0 Å². The molecule has 2 aromatic rings. The molecule has 0 fully saturated rings. The van der Waals surface area contributed by atoms with Gasteiger partial charge in [0.2, 0.25) is 0 Å². The van der Waals surface area contributed by atoms with Crippen molar-refractivity contribution in [3.63, 3.8) is 0 Å². The SMILES string of the molecule is O=Cc1cc([N+](=O)[O-])cc2ccncc12. The van der Waals surface area contributed by atoms with E-state index in [4.69, 9.17) is 0 Å². The van der Waals surface area contributed by atoms with Gasteiger partial charge in [0.05, 0.1) is 4.92 Å². The first-order chi connectivity index (χ1) is 7.22. The highest BCUT2D eigenvalue weighted by Gasteiger charge is 2.10. The molecule has 1 aromatic carbocycles. The molecule has 0 aliphatic heterocycles. The number of rotatable bonds is 2. The predicted molar refractivity (Wildman–Crippen MR) is 53.8 cm³/mol. The van der Waals surface area contributed by atoms with Gasteiger partial charge < -0.3 is 0 Å². The minimum atomic E-state index is -0.521. The molecule has 0 N–H and O–H groups in total. The van der Waals surface area contributed by atoms with Crippen molar-refractivity contribution < 1.29 is 9.72 Å². The first-order valence-corrected chi connectivity index (χ1v) is 4.19. The molecule has 2 rings (SSSR count). The van der Waals surface area contributed by atoms with Crippen LogP contribution in [0.15, 0.2) is 30.6 Å². The van der Waals surface area contributed by atoms with E-state index >= 15 is 0 Å². The topological polar surface area (TPSA) is 73.1 Å². The Bertz CT molecular complexity index is 551. The van der Waals surface area contributed by atoms with Crippen molar-refractivity contribution in [2.24, 2.45) is 0 Å². The van der Waals surface area contributed by atoms with Gasteiger partial charge in [0, 0.05) is 35.5 Å². The summed E-state index contributed by atoms with van der Waals surface area (Å²) in [7, 11) is 0. The number of pyridine rings is 1. The van der Waals surface area contributed by atoms with Crippen LogP contribution in [0.4, 0.5) is 5.69 Å². The van der Waals surface area contributed by atoms with Gasteiger partial charge >= 0.3 is 0 Å². The minimum Gasteiger partial charge on any atom is -0.298 e. The smallest absolute Gasteiger partial charge is 0.270 e. The summed E-state index contributed by atoms with van der Waals surface area (Å²) in [4.78, 5) is 24.7. The number of non-ortho nitro benzene ring substituents is 1. The first-order valence-electron chi connectivity index (χ1n) is 4.19. The van der Waals surface area contributed by atoms with Gasteiger partial charge in [0.15, 0.2) is 6.29 Å². The van der Waals surface area contributed by atoms with Gasteiger partial charge in [-0.2, -0.15) is 0 Å². The quantitative estimate of drug-likeness (QED) is 0.424. The molecule has 1 heterocycles. The van der Waals surface area contributed by atoms with Crippen LogP contribution in [0.3, 0.4) is 0 Å². The Balaban J connectivity index is 2.82. The zero-order valence-corrected chi connectivity index (χ0v) is 7.58. The van der Waals surface area contributed by atoms with E-state index in [2.05, 4.69) is 4.98 Å². The fraction of sp³-hybridized carbons (Fsp3) is 0. The summed E-state index contributed by atoms with van der Waals surface area (Å²) in [6.45, 7) is 0. The molecule has 74 valence electrons. The number of fused-ring (bicyclic) bond motifs is 1. The maximum Gasteiger partial charge on any atom is 0.270 e. The Morgan fingerprint density at radius 3 is 2.87 bits per heavy atom. The summed E-state index contributed by atoms with van der Waals surface area (Å²) in [6.07, 6.45) is 3.64. The van der Waals surface area contributed by atoms with Gasteiger partial charge in [-0.25, -0.2) is 0 Å². The molecule has 1 aromatic heterocycles. The summed E-state index contributed by atoms with van der Waals surface area (Å²) < 4.78 is 0. The lowest BCUT2D eigenvalue weighted by Crippen LogP contribution is -1.92. The molecular weight excluding hydrogens is 196 g/mol. The van der Waals surface area contributed by atoms with Crippen LogP contribution in [-0.2, 0) is 0 Å². The van der Waals surface area contributed by atoms with Gasteiger partial charge in [-0.3, -0.25) is 19.9 Å². The van der Waals surface area contributed by atoms with E-state index in [0.717, 1.165) is 0 Å². The minimum absolute atomic E-state index is 0.0872. The fourth-order valence-corrected chi connectivity index (χ4v) is 1.41. The molecule has 0 aliphatic rings. The van der Waals surface area contributed by atoms with Crippen LogP contribution in [0.25, 0.3) is 10.8 Å². The molecule has 0 bridgehead atoms. The lowest BCUT2D eigenvalue weighted by molar-refractivity contribution is -0.384. The number of hydrogen-bond donors (Lipinski definition) is 0. The van der Waals surface area contributed by atoms with Crippen LogP contribution in [-0.4, -0.2) is 16.2 Å². The summed E-state index contributed by atoms with van der Waals surface area (Å²) in [5, 5.41) is 11.9. The molecule has 0 amide bonds. The molecule has 0 aliphatic carbocycles. The standard InChI is InChI=1S/C10H6N2O3/c13-6-8-4-9(12(14)15)3-7-1-2-11-5-10(7)8/h1-6H. The van der Waals surface area contributed by atoms with Crippen molar-refractivity contribution in [2.45, 2.75) is 0 Å². The van der Waals surface area contributed by atoms with E-state index in [1.54, 1.807) is 6.07 Å². The summed E-state index contributed by atoms with van der Waals surface area (Å²) in [5.74, 6) is 0. The maximum absolute atomic E-state index is 10.7. The molecule has 0 saturated heterocycles.